The molecule has 2 rings (SSSR count). The predicted octanol–water partition coefficient (Wildman–Crippen LogP) is 6.53. The first-order valence-electron chi connectivity index (χ1n) is 9.70. The Balaban J connectivity index is 2.16. The van der Waals surface area contributed by atoms with Crippen LogP contribution in [0, 0.1) is 13.8 Å². The van der Waals surface area contributed by atoms with Crippen LogP contribution in [-0.4, -0.2) is 10.2 Å². The second-order valence-corrected chi connectivity index (χ2v) is 8.55. The zero-order valence-electron chi connectivity index (χ0n) is 17.2. The number of hydrogen-bond acceptors (Lipinski definition) is 2. The summed E-state index contributed by atoms with van der Waals surface area (Å²) in [6, 6.07) is 11.7. The molecule has 0 spiro atoms. The lowest BCUT2D eigenvalue weighted by atomic mass is 9.71. The molecule has 2 aromatic rings. The van der Waals surface area contributed by atoms with Crippen molar-refractivity contribution in [1.82, 2.24) is 0 Å². The first-order valence-corrected chi connectivity index (χ1v) is 9.70. The van der Waals surface area contributed by atoms with Crippen LogP contribution in [0.4, 0.5) is 0 Å². The molecule has 0 aliphatic rings. The van der Waals surface area contributed by atoms with E-state index in [0.29, 0.717) is 11.5 Å². The molecule has 0 saturated heterocycles. The fraction of sp³-hybridized carbons (Fsp3) is 0.500. The van der Waals surface area contributed by atoms with Gasteiger partial charge in [0.1, 0.15) is 11.5 Å². The summed E-state index contributed by atoms with van der Waals surface area (Å²) in [5.74, 6) is 0.766. The van der Waals surface area contributed by atoms with Gasteiger partial charge in [-0.1, -0.05) is 58.4 Å². The van der Waals surface area contributed by atoms with Crippen molar-refractivity contribution < 1.29 is 10.2 Å². The molecular weight excluding hydrogens is 320 g/mol. The van der Waals surface area contributed by atoms with Crippen LogP contribution in [0.5, 0.6) is 11.5 Å². The monoisotopic (exact) mass is 354 g/mol. The molecule has 142 valence electrons. The summed E-state index contributed by atoms with van der Waals surface area (Å²) in [7, 11) is 0. The van der Waals surface area contributed by atoms with E-state index in [1.54, 1.807) is 12.1 Å². The fourth-order valence-electron chi connectivity index (χ4n) is 4.19. The first-order chi connectivity index (χ1) is 12.1. The molecule has 26 heavy (non-hydrogen) atoms. The number of phenolic OH excluding ortho intramolecular Hbond substituents is 2. The Bertz CT molecular complexity index is 761. The molecule has 2 N–H and O–H groups in total. The number of benzene rings is 2. The second-order valence-electron chi connectivity index (χ2n) is 8.55. The summed E-state index contributed by atoms with van der Waals surface area (Å²) in [4.78, 5) is 0. The van der Waals surface area contributed by atoms with Crippen molar-refractivity contribution in [3.8, 4) is 11.5 Å². The first kappa shape index (κ1) is 20.4. The normalized spacial score (nSPS) is 14.2. The maximum atomic E-state index is 10.1. The Hall–Kier alpha value is -1.96. The van der Waals surface area contributed by atoms with Crippen molar-refractivity contribution in [3.05, 3.63) is 58.7 Å². The van der Waals surface area contributed by atoms with Crippen LogP contribution in [0.1, 0.15) is 75.6 Å². The van der Waals surface area contributed by atoms with E-state index < -0.39 is 0 Å². The summed E-state index contributed by atoms with van der Waals surface area (Å²) in [6.45, 7) is 13.1. The molecule has 0 aliphatic carbocycles. The van der Waals surface area contributed by atoms with E-state index in [0.717, 1.165) is 36.8 Å². The highest BCUT2D eigenvalue weighted by molar-refractivity contribution is 5.43. The van der Waals surface area contributed by atoms with E-state index in [2.05, 4.69) is 39.8 Å². The predicted molar refractivity (Wildman–Crippen MR) is 110 cm³/mol. The lowest BCUT2D eigenvalue weighted by Crippen LogP contribution is -2.24. The van der Waals surface area contributed by atoms with Gasteiger partial charge in [-0.2, -0.15) is 0 Å². The van der Waals surface area contributed by atoms with E-state index in [1.807, 2.05) is 26.0 Å². The number of aromatic hydroxyl groups is 2. The molecule has 2 heteroatoms. The third kappa shape index (κ3) is 4.06. The van der Waals surface area contributed by atoms with Gasteiger partial charge in [0.05, 0.1) is 0 Å². The van der Waals surface area contributed by atoms with Crippen molar-refractivity contribution in [3.63, 3.8) is 0 Å². The standard InChI is InChI=1S/C24H34O2/c1-7-24(6,20-12-9-14-22(26)18(20)3)16-10-15-23(4,5)19-11-8-13-21(25)17(19)2/h8-9,11-14,25-26H,7,10,15-16H2,1-6H3. The average molecular weight is 355 g/mol. The van der Waals surface area contributed by atoms with Gasteiger partial charge in [-0.15, -0.1) is 0 Å². The maximum absolute atomic E-state index is 10.1. The Labute approximate surface area is 158 Å². The summed E-state index contributed by atoms with van der Waals surface area (Å²) in [5.41, 5.74) is 4.55. The van der Waals surface area contributed by atoms with Crippen LogP contribution in [-0.2, 0) is 10.8 Å². The van der Waals surface area contributed by atoms with E-state index in [9.17, 15) is 10.2 Å². The van der Waals surface area contributed by atoms with Crippen LogP contribution in [0.3, 0.4) is 0 Å². The number of phenols is 2. The van der Waals surface area contributed by atoms with Gasteiger partial charge < -0.3 is 10.2 Å². The molecule has 0 heterocycles. The summed E-state index contributed by atoms with van der Waals surface area (Å²) >= 11 is 0. The molecule has 0 aromatic heterocycles. The zero-order chi connectivity index (χ0) is 19.5. The summed E-state index contributed by atoms with van der Waals surface area (Å²) < 4.78 is 0. The molecule has 2 nitrogen and oxygen atoms in total. The van der Waals surface area contributed by atoms with Gasteiger partial charge >= 0.3 is 0 Å². The van der Waals surface area contributed by atoms with Gasteiger partial charge in [-0.3, -0.25) is 0 Å². The third-order valence-electron chi connectivity index (χ3n) is 6.30. The van der Waals surface area contributed by atoms with Crippen molar-refractivity contribution in [2.75, 3.05) is 0 Å². The highest BCUT2D eigenvalue weighted by Crippen LogP contribution is 2.40. The Kier molecular flexibility index (Phi) is 6.05. The van der Waals surface area contributed by atoms with Crippen LogP contribution >= 0.6 is 0 Å². The average Bonchev–Trinajstić information content (AvgIpc) is 2.59. The van der Waals surface area contributed by atoms with E-state index in [-0.39, 0.29) is 10.8 Å². The van der Waals surface area contributed by atoms with Crippen LogP contribution in [0.2, 0.25) is 0 Å². The summed E-state index contributed by atoms with van der Waals surface area (Å²) in [6.07, 6.45) is 4.28. The molecule has 0 bridgehead atoms. The Morgan fingerprint density at radius 1 is 0.769 bits per heavy atom. The number of hydrogen-bond donors (Lipinski definition) is 2. The van der Waals surface area contributed by atoms with E-state index >= 15 is 0 Å². The van der Waals surface area contributed by atoms with Crippen molar-refractivity contribution >= 4 is 0 Å². The van der Waals surface area contributed by atoms with Gasteiger partial charge in [-0.25, -0.2) is 0 Å². The maximum Gasteiger partial charge on any atom is 0.118 e. The minimum Gasteiger partial charge on any atom is -0.508 e. The molecule has 0 fully saturated rings. The molecule has 1 atom stereocenters. The van der Waals surface area contributed by atoms with Crippen LogP contribution in [0.25, 0.3) is 0 Å². The molecule has 0 amide bonds. The molecule has 0 saturated carbocycles. The zero-order valence-corrected chi connectivity index (χ0v) is 17.2. The van der Waals surface area contributed by atoms with Crippen molar-refractivity contribution in [2.45, 2.75) is 78.1 Å². The van der Waals surface area contributed by atoms with E-state index in [1.165, 1.54) is 11.1 Å². The van der Waals surface area contributed by atoms with Gasteiger partial charge in [0.25, 0.3) is 0 Å². The molecule has 1 unspecified atom stereocenters. The minimum atomic E-state index is 0.0192. The van der Waals surface area contributed by atoms with Gasteiger partial charge in [0.15, 0.2) is 0 Å². The van der Waals surface area contributed by atoms with Crippen molar-refractivity contribution in [1.29, 1.82) is 0 Å². The molecular formula is C24H34O2. The topological polar surface area (TPSA) is 40.5 Å². The highest BCUT2D eigenvalue weighted by atomic mass is 16.3. The van der Waals surface area contributed by atoms with Gasteiger partial charge in [0.2, 0.25) is 0 Å². The van der Waals surface area contributed by atoms with Crippen molar-refractivity contribution in [2.24, 2.45) is 0 Å². The van der Waals surface area contributed by atoms with E-state index in [4.69, 9.17) is 0 Å². The number of rotatable bonds is 7. The SMILES string of the molecule is CCC(C)(CCCC(C)(C)c1cccc(O)c1C)c1cccc(O)c1C. The van der Waals surface area contributed by atoms with Crippen LogP contribution < -0.4 is 0 Å². The Morgan fingerprint density at radius 2 is 1.27 bits per heavy atom. The summed E-state index contributed by atoms with van der Waals surface area (Å²) in [5, 5.41) is 20.1. The van der Waals surface area contributed by atoms with Crippen LogP contribution in [0.15, 0.2) is 36.4 Å². The van der Waals surface area contributed by atoms with Gasteiger partial charge in [0, 0.05) is 0 Å². The van der Waals surface area contributed by atoms with Gasteiger partial charge in [-0.05, 0) is 78.3 Å². The molecule has 0 aliphatic heterocycles. The third-order valence-corrected chi connectivity index (χ3v) is 6.30. The molecule has 0 radical (unpaired) electrons. The smallest absolute Gasteiger partial charge is 0.118 e. The quantitative estimate of drug-likeness (QED) is 0.593. The largest absolute Gasteiger partial charge is 0.508 e. The minimum absolute atomic E-state index is 0.0192. The second kappa shape index (κ2) is 7.73. The molecule has 2 aromatic carbocycles. The lowest BCUT2D eigenvalue weighted by Gasteiger charge is -2.33. The lowest BCUT2D eigenvalue weighted by molar-refractivity contribution is 0.358. The highest BCUT2D eigenvalue weighted by Gasteiger charge is 2.29. The fourth-order valence-corrected chi connectivity index (χ4v) is 4.19. The Morgan fingerprint density at radius 3 is 1.81 bits per heavy atom.